The summed E-state index contributed by atoms with van der Waals surface area (Å²) in [4.78, 5) is 0. The van der Waals surface area contributed by atoms with Crippen molar-refractivity contribution in [2.75, 3.05) is 19.9 Å². The zero-order chi connectivity index (χ0) is 13.2. The maximum atomic E-state index is 7.39. The Morgan fingerprint density at radius 1 is 1.50 bits per heavy atom. The van der Waals surface area contributed by atoms with E-state index in [1.807, 2.05) is 18.2 Å². The molecule has 1 heterocycles. The van der Waals surface area contributed by atoms with Crippen molar-refractivity contribution in [2.45, 2.75) is 13.3 Å². The summed E-state index contributed by atoms with van der Waals surface area (Å²) in [5.41, 5.74) is 1.02. The first kappa shape index (κ1) is 5.61. The largest absolute Gasteiger partial charge is 0.454 e. The van der Waals surface area contributed by atoms with Gasteiger partial charge in [-0.05, 0) is 37.2 Å². The van der Waals surface area contributed by atoms with Crippen molar-refractivity contribution in [3.05, 3.63) is 23.8 Å². The van der Waals surface area contributed by atoms with Gasteiger partial charge in [-0.25, -0.2) is 0 Å². The van der Waals surface area contributed by atoms with Crippen molar-refractivity contribution in [1.29, 1.82) is 0 Å². The fourth-order valence-corrected chi connectivity index (χ4v) is 1.39. The second-order valence-electron chi connectivity index (χ2n) is 3.04. The molecule has 1 aromatic carbocycles. The van der Waals surface area contributed by atoms with E-state index in [1.165, 1.54) is 0 Å². The molecule has 1 N–H and O–H groups in total. The van der Waals surface area contributed by atoms with Crippen molar-refractivity contribution in [2.24, 2.45) is 0 Å². The topological polar surface area (TPSA) is 30.5 Å². The summed E-state index contributed by atoms with van der Waals surface area (Å²) in [7, 11) is 0. The molecule has 1 aliphatic heterocycles. The Hall–Kier alpha value is -1.22. The Bertz CT molecular complexity index is 422. The third-order valence-electron chi connectivity index (χ3n) is 2.10. The molecule has 3 nitrogen and oxygen atoms in total. The average molecular weight is 197 g/mol. The minimum absolute atomic E-state index is 0.241. The summed E-state index contributed by atoms with van der Waals surface area (Å²) in [5, 5.41) is 2.67. The Kier molecular flexibility index (Phi) is 1.74. The monoisotopic (exact) mass is 197 g/mol. The van der Waals surface area contributed by atoms with Gasteiger partial charge in [0.25, 0.3) is 0 Å². The third kappa shape index (κ3) is 1.99. The lowest BCUT2D eigenvalue weighted by Crippen LogP contribution is -2.15. The molecule has 3 heteroatoms. The summed E-state index contributed by atoms with van der Waals surface area (Å²) in [5.74, 6) is 1.44. The minimum atomic E-state index is -2.28. The zero-order valence-corrected chi connectivity index (χ0v) is 7.75. The van der Waals surface area contributed by atoms with Crippen LogP contribution in [-0.4, -0.2) is 19.9 Å². The molecule has 76 valence electrons. The lowest BCUT2D eigenvalue weighted by Gasteiger charge is -2.03. The van der Waals surface area contributed by atoms with Crippen molar-refractivity contribution < 1.29 is 15.0 Å². The molecule has 0 bridgehead atoms. The molecular formula is C11H15NO2. The maximum absolute atomic E-state index is 7.39. The quantitative estimate of drug-likeness (QED) is 0.794. The fraction of sp³-hybridized carbons (Fsp3) is 0.455. The van der Waals surface area contributed by atoms with Crippen LogP contribution in [0.25, 0.3) is 0 Å². The number of ether oxygens (including phenoxy) is 2. The van der Waals surface area contributed by atoms with E-state index in [4.69, 9.17) is 15.0 Å². The van der Waals surface area contributed by atoms with Gasteiger partial charge in [0.2, 0.25) is 6.79 Å². The van der Waals surface area contributed by atoms with Crippen molar-refractivity contribution >= 4 is 0 Å². The molecule has 0 aliphatic carbocycles. The third-order valence-corrected chi connectivity index (χ3v) is 2.10. The van der Waals surface area contributed by atoms with Gasteiger partial charge in [-0.15, -0.1) is 0 Å². The smallest absolute Gasteiger partial charge is 0.231 e. The molecule has 1 aliphatic rings. The minimum Gasteiger partial charge on any atom is -0.454 e. The lowest BCUT2D eigenvalue weighted by atomic mass is 10.1. The molecule has 0 fully saturated rings. The fourth-order valence-electron chi connectivity index (χ4n) is 1.39. The van der Waals surface area contributed by atoms with E-state index in [2.05, 4.69) is 5.32 Å². The molecule has 2 rings (SSSR count). The second kappa shape index (κ2) is 4.33. The first-order valence-electron chi connectivity index (χ1n) is 6.59. The summed E-state index contributed by atoms with van der Waals surface area (Å²) in [6.07, 6.45) is 0.641. The highest BCUT2D eigenvalue weighted by Crippen LogP contribution is 2.32. The second-order valence-corrected chi connectivity index (χ2v) is 3.04. The number of likely N-dealkylation sites (N-methyl/N-ethyl adjacent to an activating group) is 1. The van der Waals surface area contributed by atoms with Crippen LogP contribution in [0, 0.1) is 0 Å². The van der Waals surface area contributed by atoms with Crippen LogP contribution in [0.5, 0.6) is 11.5 Å². The van der Waals surface area contributed by atoms with E-state index < -0.39 is 13.4 Å². The lowest BCUT2D eigenvalue weighted by molar-refractivity contribution is 0.174. The Morgan fingerprint density at radius 2 is 2.43 bits per heavy atom. The number of nitrogens with one attached hydrogen (secondary N) is 1. The van der Waals surface area contributed by atoms with Crippen LogP contribution in [0.15, 0.2) is 18.2 Å². The van der Waals surface area contributed by atoms with Crippen LogP contribution in [-0.2, 0) is 6.42 Å². The number of hydrogen-bond acceptors (Lipinski definition) is 3. The zero-order valence-electron chi connectivity index (χ0n) is 11.7. The molecule has 0 amide bonds. The number of rotatable bonds is 4. The van der Waals surface area contributed by atoms with E-state index >= 15 is 0 Å². The molecule has 1 unspecified atom stereocenters. The predicted molar refractivity (Wildman–Crippen MR) is 54.8 cm³/mol. The highest BCUT2D eigenvalue weighted by molar-refractivity contribution is 5.44. The van der Waals surface area contributed by atoms with Crippen LogP contribution in [0.4, 0.5) is 0 Å². The molecule has 0 spiro atoms. The average Bonchev–Trinajstić information content (AvgIpc) is 2.74. The first-order chi connectivity index (χ1) is 8.47. The Labute approximate surface area is 89.6 Å². The molecule has 0 aromatic heterocycles. The van der Waals surface area contributed by atoms with Crippen molar-refractivity contribution in [3.63, 3.8) is 0 Å². The molecule has 1 aromatic rings. The normalized spacial score (nSPS) is 20.6. The summed E-state index contributed by atoms with van der Waals surface area (Å²) < 4.78 is 39.0. The highest BCUT2D eigenvalue weighted by Gasteiger charge is 2.12. The molecule has 0 radical (unpaired) electrons. The first-order valence-corrected chi connectivity index (χ1v) is 4.51. The summed E-state index contributed by atoms with van der Waals surface area (Å²) in [6.45, 7) is -2.85. The molecule has 14 heavy (non-hydrogen) atoms. The van der Waals surface area contributed by atoms with Crippen LogP contribution >= 0.6 is 0 Å². The number of fused-ring (bicyclic) bond motifs is 1. The SMILES string of the molecule is [2H]C(NCCc1ccc2c(c1)OCO2)C([2H])([2H])[2H]. The van der Waals surface area contributed by atoms with Crippen molar-refractivity contribution in [3.8, 4) is 11.5 Å². The van der Waals surface area contributed by atoms with Crippen molar-refractivity contribution in [1.82, 2.24) is 5.32 Å². The van der Waals surface area contributed by atoms with Crippen LogP contribution < -0.4 is 14.8 Å². The predicted octanol–water partition coefficient (Wildman–Crippen LogP) is 1.57. The van der Waals surface area contributed by atoms with Gasteiger partial charge in [0.1, 0.15) is 0 Å². The van der Waals surface area contributed by atoms with Gasteiger partial charge in [-0.1, -0.05) is 12.9 Å². The van der Waals surface area contributed by atoms with Gasteiger partial charge in [0.05, 0.1) is 0 Å². The molecule has 0 saturated heterocycles. The molecule has 0 saturated carbocycles. The van der Waals surface area contributed by atoms with Gasteiger partial charge in [0.15, 0.2) is 11.5 Å². The Morgan fingerprint density at radius 3 is 3.36 bits per heavy atom. The van der Waals surface area contributed by atoms with Gasteiger partial charge >= 0.3 is 0 Å². The van der Waals surface area contributed by atoms with E-state index in [1.54, 1.807) is 0 Å². The van der Waals surface area contributed by atoms with Gasteiger partial charge < -0.3 is 14.8 Å². The highest BCUT2D eigenvalue weighted by atomic mass is 16.7. The van der Waals surface area contributed by atoms with Gasteiger partial charge in [-0.3, -0.25) is 0 Å². The van der Waals surface area contributed by atoms with Crippen LogP contribution in [0.3, 0.4) is 0 Å². The summed E-state index contributed by atoms with van der Waals surface area (Å²) >= 11 is 0. The van der Waals surface area contributed by atoms with E-state index in [-0.39, 0.29) is 6.79 Å². The van der Waals surface area contributed by atoms with Gasteiger partial charge in [-0.2, -0.15) is 0 Å². The Balaban J connectivity index is 1.84. The standard InChI is InChI=1S/C11H15NO2/c1-2-12-6-5-9-3-4-10-11(7-9)14-8-13-10/h3-4,7,12H,2,5-6,8H2,1H3/i1D3,2D. The van der Waals surface area contributed by atoms with E-state index in [0.717, 1.165) is 11.3 Å². The van der Waals surface area contributed by atoms with Gasteiger partial charge in [0, 0.05) is 5.48 Å². The van der Waals surface area contributed by atoms with E-state index in [9.17, 15) is 0 Å². The number of hydrogen-bond donors (Lipinski definition) is 1. The van der Waals surface area contributed by atoms with Crippen LogP contribution in [0.1, 0.15) is 17.9 Å². The van der Waals surface area contributed by atoms with E-state index in [0.29, 0.717) is 18.7 Å². The van der Waals surface area contributed by atoms with Crippen LogP contribution in [0.2, 0.25) is 0 Å². The molecular weight excluding hydrogens is 178 g/mol. The summed E-state index contributed by atoms with van der Waals surface area (Å²) in [6, 6.07) is 5.61. The number of benzene rings is 1. The molecule has 1 atom stereocenters. The maximum Gasteiger partial charge on any atom is 0.231 e.